The van der Waals surface area contributed by atoms with Gasteiger partial charge in [0.15, 0.2) is 0 Å². The van der Waals surface area contributed by atoms with E-state index < -0.39 is 10.9 Å². The molecular formula is C23H16ClN6O4S+. The molecule has 2 heterocycles. The average molecular weight is 508 g/mol. The van der Waals surface area contributed by atoms with Gasteiger partial charge in [-0.15, -0.1) is 0 Å². The lowest BCUT2D eigenvalue weighted by atomic mass is 10.1. The van der Waals surface area contributed by atoms with Gasteiger partial charge in [0.1, 0.15) is 10.0 Å². The summed E-state index contributed by atoms with van der Waals surface area (Å²) in [6.07, 6.45) is 0. The molecule has 0 fully saturated rings. The molecule has 35 heavy (non-hydrogen) atoms. The molecule has 174 valence electrons. The van der Waals surface area contributed by atoms with Crippen LogP contribution in [0.5, 0.6) is 0 Å². The zero-order chi connectivity index (χ0) is 24.5. The van der Waals surface area contributed by atoms with Gasteiger partial charge in [-0.3, -0.25) is 10.1 Å². The van der Waals surface area contributed by atoms with Crippen LogP contribution in [0.25, 0.3) is 33.0 Å². The van der Waals surface area contributed by atoms with Crippen LogP contribution in [0, 0.1) is 10.1 Å². The second-order valence-electron chi connectivity index (χ2n) is 7.24. The summed E-state index contributed by atoms with van der Waals surface area (Å²) in [5, 5.41) is 22.5. The Balaban J connectivity index is 1.70. The highest BCUT2D eigenvalue weighted by Crippen LogP contribution is 2.27. The number of hydrogen-bond acceptors (Lipinski definition) is 8. The van der Waals surface area contributed by atoms with Crippen LogP contribution < -0.4 is 4.80 Å². The molecule has 0 N–H and O–H groups in total. The Morgan fingerprint density at radius 3 is 2.63 bits per heavy atom. The number of rotatable bonds is 6. The standard InChI is InChI=1S/C23H16ClN6O4S/c1-2-34-22(31)19-20(24)35-23(25-19)29-27-21(15-10-12-16(13-11-15)30(32)33)26-28(29)18-9-5-7-14-6-3-4-8-17(14)18/h3-13H,2H2,1H3/q+1. The third-order valence-electron chi connectivity index (χ3n) is 5.09. The van der Waals surface area contributed by atoms with Crippen LogP contribution in [-0.4, -0.2) is 37.5 Å². The van der Waals surface area contributed by atoms with Crippen LogP contribution in [0.3, 0.4) is 0 Å². The normalized spacial score (nSPS) is 11.0. The highest BCUT2D eigenvalue weighted by Gasteiger charge is 2.30. The van der Waals surface area contributed by atoms with Gasteiger partial charge in [-0.1, -0.05) is 53.0 Å². The Bertz CT molecular complexity index is 1580. The zero-order valence-electron chi connectivity index (χ0n) is 18.2. The van der Waals surface area contributed by atoms with Gasteiger partial charge >= 0.3 is 11.1 Å². The first-order chi connectivity index (χ1) is 17.0. The summed E-state index contributed by atoms with van der Waals surface area (Å²) in [5.74, 6) is -0.329. The van der Waals surface area contributed by atoms with Crippen molar-refractivity contribution in [2.45, 2.75) is 6.92 Å². The number of ether oxygens (including phenoxy) is 1. The van der Waals surface area contributed by atoms with Crippen LogP contribution in [0.4, 0.5) is 5.69 Å². The zero-order valence-corrected chi connectivity index (χ0v) is 19.7. The minimum atomic E-state index is -0.632. The fourth-order valence-corrected chi connectivity index (χ4v) is 4.55. The molecule has 10 nitrogen and oxygen atoms in total. The van der Waals surface area contributed by atoms with Crippen molar-refractivity contribution in [2.75, 3.05) is 6.61 Å². The Kier molecular flexibility index (Phi) is 5.93. The number of non-ortho nitro benzene ring substituents is 1. The molecule has 0 saturated heterocycles. The second kappa shape index (κ2) is 9.20. The van der Waals surface area contributed by atoms with Crippen molar-refractivity contribution in [3.8, 4) is 22.2 Å². The summed E-state index contributed by atoms with van der Waals surface area (Å²) in [7, 11) is 0. The van der Waals surface area contributed by atoms with Crippen molar-refractivity contribution in [2.24, 2.45) is 0 Å². The molecular weight excluding hydrogens is 492 g/mol. The topological polar surface area (TPSA) is 117 Å². The van der Waals surface area contributed by atoms with E-state index in [9.17, 15) is 14.9 Å². The van der Waals surface area contributed by atoms with Crippen molar-refractivity contribution < 1.29 is 19.3 Å². The Morgan fingerprint density at radius 1 is 1.14 bits per heavy atom. The number of carbonyl (C=O) groups excluding carboxylic acids is 1. The largest absolute Gasteiger partial charge is 0.460 e. The fraction of sp³-hybridized carbons (Fsp3) is 0.0870. The van der Waals surface area contributed by atoms with E-state index in [0.717, 1.165) is 22.1 Å². The van der Waals surface area contributed by atoms with Crippen molar-refractivity contribution in [1.82, 2.24) is 20.0 Å². The third-order valence-corrected chi connectivity index (χ3v) is 6.31. The van der Waals surface area contributed by atoms with Gasteiger partial charge in [0.05, 0.1) is 11.5 Å². The summed E-state index contributed by atoms with van der Waals surface area (Å²) >= 11 is 7.36. The highest BCUT2D eigenvalue weighted by molar-refractivity contribution is 7.18. The van der Waals surface area contributed by atoms with E-state index in [2.05, 4.69) is 15.2 Å². The summed E-state index contributed by atoms with van der Waals surface area (Å²) in [4.78, 5) is 30.2. The number of fused-ring (bicyclic) bond motifs is 1. The number of esters is 1. The van der Waals surface area contributed by atoms with Crippen LogP contribution in [0.1, 0.15) is 17.4 Å². The maximum atomic E-state index is 12.3. The summed E-state index contributed by atoms with van der Waals surface area (Å²) in [6, 6.07) is 19.5. The van der Waals surface area contributed by atoms with E-state index in [0.29, 0.717) is 22.2 Å². The first kappa shape index (κ1) is 22.6. The minimum Gasteiger partial charge on any atom is -0.460 e. The van der Waals surface area contributed by atoms with Gasteiger partial charge in [0, 0.05) is 28.2 Å². The van der Waals surface area contributed by atoms with Crippen molar-refractivity contribution in [1.29, 1.82) is 0 Å². The summed E-state index contributed by atoms with van der Waals surface area (Å²) in [5.41, 5.74) is 1.23. The monoisotopic (exact) mass is 507 g/mol. The number of hydrogen-bond donors (Lipinski definition) is 0. The number of halogens is 1. The maximum Gasteiger partial charge on any atom is 0.376 e. The second-order valence-corrected chi connectivity index (χ2v) is 8.82. The van der Waals surface area contributed by atoms with Crippen molar-refractivity contribution >= 4 is 45.4 Å². The van der Waals surface area contributed by atoms with E-state index in [1.807, 2.05) is 42.5 Å². The average Bonchev–Trinajstić information content (AvgIpc) is 3.48. The Labute approximate surface area is 207 Å². The first-order valence-electron chi connectivity index (χ1n) is 10.4. The Morgan fingerprint density at radius 2 is 1.89 bits per heavy atom. The molecule has 2 aromatic heterocycles. The molecule has 0 bridgehead atoms. The van der Waals surface area contributed by atoms with Crippen LogP contribution in [0.2, 0.25) is 4.34 Å². The summed E-state index contributed by atoms with van der Waals surface area (Å²) in [6.45, 7) is 1.88. The Hall–Kier alpha value is -4.22. The molecule has 0 atom stereocenters. The van der Waals surface area contributed by atoms with E-state index in [-0.39, 0.29) is 22.3 Å². The molecule has 0 unspecified atom stereocenters. The molecule has 0 amide bonds. The molecule has 0 radical (unpaired) electrons. The number of tetrazole rings is 1. The number of nitro benzene ring substituents is 1. The highest BCUT2D eigenvalue weighted by atomic mass is 35.5. The number of nitro groups is 1. The van der Waals surface area contributed by atoms with E-state index >= 15 is 0 Å². The molecule has 0 spiro atoms. The van der Waals surface area contributed by atoms with Gasteiger partial charge in [-0.05, 0) is 56.5 Å². The molecule has 3 aromatic carbocycles. The number of carbonyl (C=O) groups is 1. The number of benzene rings is 3. The molecule has 0 saturated carbocycles. The summed E-state index contributed by atoms with van der Waals surface area (Å²) < 4.78 is 5.21. The molecule has 0 aliphatic heterocycles. The van der Waals surface area contributed by atoms with Gasteiger partial charge in [-0.25, -0.2) is 4.79 Å². The van der Waals surface area contributed by atoms with E-state index in [1.165, 1.54) is 16.9 Å². The van der Waals surface area contributed by atoms with Crippen LogP contribution in [0.15, 0.2) is 66.7 Å². The molecule has 0 aliphatic carbocycles. The lowest BCUT2D eigenvalue weighted by Gasteiger charge is -2.04. The molecule has 0 aliphatic rings. The lowest BCUT2D eigenvalue weighted by molar-refractivity contribution is -0.734. The van der Waals surface area contributed by atoms with E-state index in [4.69, 9.17) is 16.3 Å². The number of aromatic nitrogens is 5. The van der Waals surface area contributed by atoms with Gasteiger partial charge in [-0.2, -0.15) is 0 Å². The fourth-order valence-electron chi connectivity index (χ4n) is 3.50. The number of nitrogens with zero attached hydrogens (tertiary/aromatic N) is 6. The van der Waals surface area contributed by atoms with Crippen molar-refractivity contribution in [3.63, 3.8) is 0 Å². The van der Waals surface area contributed by atoms with Gasteiger partial charge in [0.25, 0.3) is 17.2 Å². The van der Waals surface area contributed by atoms with Crippen LogP contribution >= 0.6 is 22.9 Å². The molecule has 5 aromatic rings. The number of thiazole rings is 1. The minimum absolute atomic E-state index is 0.00891. The third kappa shape index (κ3) is 4.22. The van der Waals surface area contributed by atoms with E-state index in [1.54, 1.807) is 23.9 Å². The van der Waals surface area contributed by atoms with Crippen LogP contribution in [-0.2, 0) is 4.74 Å². The predicted octanol–water partition coefficient (Wildman–Crippen LogP) is 4.56. The quantitative estimate of drug-likeness (QED) is 0.143. The van der Waals surface area contributed by atoms with Crippen molar-refractivity contribution in [3.05, 3.63) is 86.9 Å². The SMILES string of the molecule is CCOC(=O)c1nc(-[n+]2nc(-c3ccc([N+](=O)[O-])cc3)nn2-c2cccc3ccccc23)sc1Cl. The molecule has 5 rings (SSSR count). The smallest absolute Gasteiger partial charge is 0.376 e. The lowest BCUT2D eigenvalue weighted by Crippen LogP contribution is -2.43. The molecule has 12 heteroatoms. The van der Waals surface area contributed by atoms with Gasteiger partial charge < -0.3 is 4.74 Å². The van der Waals surface area contributed by atoms with Gasteiger partial charge in [0.2, 0.25) is 0 Å². The predicted molar refractivity (Wildman–Crippen MR) is 129 cm³/mol. The maximum absolute atomic E-state index is 12.3. The first-order valence-corrected chi connectivity index (χ1v) is 11.6.